The Morgan fingerprint density at radius 1 is 1.43 bits per heavy atom. The first kappa shape index (κ1) is 18.2. The van der Waals surface area contributed by atoms with Gasteiger partial charge in [0.25, 0.3) is 0 Å². The van der Waals surface area contributed by atoms with Crippen molar-refractivity contribution in [2.75, 3.05) is 39.2 Å². The number of nitrogens with one attached hydrogen (secondary N) is 1. The van der Waals surface area contributed by atoms with Gasteiger partial charge < -0.3 is 20.3 Å². The number of ether oxygens (including phenoxy) is 1. The third kappa shape index (κ3) is 1.52. The van der Waals surface area contributed by atoms with E-state index in [4.69, 9.17) is 4.74 Å². The van der Waals surface area contributed by atoms with Crippen LogP contribution in [0.1, 0.15) is 25.3 Å². The van der Waals surface area contributed by atoms with E-state index in [0.29, 0.717) is 17.3 Å². The van der Waals surface area contributed by atoms with Crippen molar-refractivity contribution in [1.29, 1.82) is 0 Å². The van der Waals surface area contributed by atoms with Crippen molar-refractivity contribution in [2.45, 2.75) is 36.9 Å². The van der Waals surface area contributed by atoms with Crippen molar-refractivity contribution in [3.63, 3.8) is 0 Å². The Morgan fingerprint density at radius 2 is 2.18 bits per heavy atom. The van der Waals surface area contributed by atoms with Crippen LogP contribution in [-0.2, 0) is 14.9 Å². The van der Waals surface area contributed by atoms with Crippen LogP contribution in [0.5, 0.6) is 0 Å². The molecule has 2 bridgehead atoms. The van der Waals surface area contributed by atoms with E-state index in [9.17, 15) is 15.0 Å². The Hall–Kier alpha value is -1.89. The zero-order chi connectivity index (χ0) is 19.9. The highest BCUT2D eigenvalue weighted by molar-refractivity contribution is 5.85. The summed E-state index contributed by atoms with van der Waals surface area (Å²) in [4.78, 5) is 13.5. The maximum absolute atomic E-state index is 13.5. The van der Waals surface area contributed by atoms with Crippen molar-refractivity contribution in [3.05, 3.63) is 41.5 Å². The van der Waals surface area contributed by atoms with Gasteiger partial charge in [0, 0.05) is 18.0 Å². The molecule has 3 heterocycles. The molecule has 1 aliphatic carbocycles. The zero-order valence-electron chi connectivity index (χ0n) is 16.7. The molecule has 4 aliphatic rings. The van der Waals surface area contributed by atoms with Crippen molar-refractivity contribution in [1.82, 2.24) is 0 Å². The zero-order valence-corrected chi connectivity index (χ0v) is 16.7. The van der Waals surface area contributed by atoms with Gasteiger partial charge in [-0.1, -0.05) is 24.3 Å². The minimum absolute atomic E-state index is 0.337. The van der Waals surface area contributed by atoms with Gasteiger partial charge in [0.15, 0.2) is 0 Å². The standard InChI is InChI=1S/C22H29N2O4/c1-4-14-11-16-18(26)22-21(9-10-24(22,2)12-14,20(16,13-25)19(27)28-3)15-7-5-6-8-17(15)23-22/h4-8,16,18,23,25-26H,9-13H2,1-3H3/q+1/b14-4+/t16-,18+,20-,21-,22-,24-/m0/s1. The number of likely N-dealkylation sites (N-methyl/N-ethyl adjacent to an activating group) is 1. The molecule has 3 N–H and O–H groups in total. The number of hydrogen-bond acceptors (Lipinski definition) is 5. The molecule has 150 valence electrons. The lowest BCUT2D eigenvalue weighted by molar-refractivity contribution is -0.942. The fourth-order valence-corrected chi connectivity index (χ4v) is 7.64. The van der Waals surface area contributed by atoms with Crippen molar-refractivity contribution in [2.24, 2.45) is 11.3 Å². The second-order valence-corrected chi connectivity index (χ2v) is 9.19. The van der Waals surface area contributed by atoms with Crippen molar-refractivity contribution >= 4 is 11.7 Å². The molecule has 6 nitrogen and oxygen atoms in total. The molecule has 0 aromatic heterocycles. The van der Waals surface area contributed by atoms with Crippen LogP contribution in [0.2, 0.25) is 0 Å². The van der Waals surface area contributed by atoms with Crippen LogP contribution in [-0.4, -0.2) is 66.3 Å². The number of esters is 1. The molecule has 6 heteroatoms. The number of benzene rings is 1. The summed E-state index contributed by atoms with van der Waals surface area (Å²) >= 11 is 0. The predicted octanol–water partition coefficient (Wildman–Crippen LogP) is 1.39. The average molecular weight is 385 g/mol. The quantitative estimate of drug-likeness (QED) is 0.407. The molecule has 0 radical (unpaired) electrons. The number of aliphatic hydroxyl groups excluding tert-OH is 2. The van der Waals surface area contributed by atoms with E-state index in [1.807, 2.05) is 25.1 Å². The van der Waals surface area contributed by atoms with E-state index in [0.717, 1.165) is 24.3 Å². The molecule has 1 saturated carbocycles. The summed E-state index contributed by atoms with van der Waals surface area (Å²) < 4.78 is 5.94. The van der Waals surface area contributed by atoms with Crippen LogP contribution in [0, 0.1) is 11.3 Å². The summed E-state index contributed by atoms with van der Waals surface area (Å²) in [6.07, 6.45) is 2.63. The molecule has 0 amide bonds. The Morgan fingerprint density at radius 3 is 2.86 bits per heavy atom. The Labute approximate surface area is 165 Å². The van der Waals surface area contributed by atoms with Gasteiger partial charge in [-0.2, -0.15) is 0 Å². The smallest absolute Gasteiger partial charge is 0.315 e. The summed E-state index contributed by atoms with van der Waals surface area (Å²) in [5.74, 6) is -0.817. The molecule has 3 fully saturated rings. The number of aliphatic hydroxyl groups is 2. The Bertz CT molecular complexity index is 900. The highest BCUT2D eigenvalue weighted by Crippen LogP contribution is 2.75. The topological polar surface area (TPSA) is 78.8 Å². The summed E-state index contributed by atoms with van der Waals surface area (Å²) in [6.45, 7) is 3.33. The molecule has 1 aromatic carbocycles. The summed E-state index contributed by atoms with van der Waals surface area (Å²) in [5.41, 5.74) is 0.542. The van der Waals surface area contributed by atoms with E-state index in [1.165, 1.54) is 12.7 Å². The highest BCUT2D eigenvalue weighted by Gasteiger charge is 2.90. The first-order valence-corrected chi connectivity index (χ1v) is 10.1. The van der Waals surface area contributed by atoms with Gasteiger partial charge in [0.05, 0.1) is 32.7 Å². The minimum Gasteiger partial charge on any atom is -0.468 e. The van der Waals surface area contributed by atoms with Crippen molar-refractivity contribution < 1.29 is 24.2 Å². The Balaban J connectivity index is 1.92. The second kappa shape index (κ2) is 5.38. The molecule has 28 heavy (non-hydrogen) atoms. The summed E-state index contributed by atoms with van der Waals surface area (Å²) in [7, 11) is 3.57. The van der Waals surface area contributed by atoms with E-state index in [1.54, 1.807) is 0 Å². The number of fused-ring (bicyclic) bond motifs is 2. The minimum atomic E-state index is -1.19. The van der Waals surface area contributed by atoms with E-state index >= 15 is 0 Å². The number of hydrogen-bond donors (Lipinski definition) is 3. The number of para-hydroxylation sites is 1. The lowest BCUT2D eigenvalue weighted by atomic mass is 9.56. The third-order valence-corrected chi connectivity index (χ3v) is 8.64. The van der Waals surface area contributed by atoms with Crippen LogP contribution in [0.15, 0.2) is 35.9 Å². The first-order valence-electron chi connectivity index (χ1n) is 10.1. The van der Waals surface area contributed by atoms with Gasteiger partial charge in [-0.15, -0.1) is 0 Å². The third-order valence-electron chi connectivity index (χ3n) is 8.64. The summed E-state index contributed by atoms with van der Waals surface area (Å²) in [6, 6.07) is 8.03. The second-order valence-electron chi connectivity index (χ2n) is 9.19. The van der Waals surface area contributed by atoms with Gasteiger partial charge >= 0.3 is 5.97 Å². The Kier molecular flexibility index (Phi) is 3.49. The van der Waals surface area contributed by atoms with Gasteiger partial charge in [0.2, 0.25) is 5.66 Å². The number of carbonyl (C=O) groups is 1. The van der Waals surface area contributed by atoms with Crippen LogP contribution in [0.25, 0.3) is 0 Å². The predicted molar refractivity (Wildman–Crippen MR) is 104 cm³/mol. The molecule has 1 aromatic rings. The number of carbonyl (C=O) groups excluding carboxylic acids is 1. The van der Waals surface area contributed by atoms with Gasteiger partial charge in [-0.3, -0.25) is 9.28 Å². The lowest BCUT2D eigenvalue weighted by Gasteiger charge is -2.50. The average Bonchev–Trinajstić information content (AvgIpc) is 3.20. The van der Waals surface area contributed by atoms with Crippen LogP contribution in [0.4, 0.5) is 5.69 Å². The fraction of sp³-hybridized carbons (Fsp3) is 0.591. The van der Waals surface area contributed by atoms with Crippen LogP contribution < -0.4 is 5.32 Å². The fourth-order valence-electron chi connectivity index (χ4n) is 7.64. The highest BCUT2D eigenvalue weighted by atomic mass is 16.5. The summed E-state index contributed by atoms with van der Waals surface area (Å²) in [5, 5.41) is 26.4. The van der Waals surface area contributed by atoms with Gasteiger partial charge in [-0.25, -0.2) is 0 Å². The van der Waals surface area contributed by atoms with E-state index in [-0.39, 0.29) is 6.61 Å². The van der Waals surface area contributed by atoms with E-state index < -0.39 is 34.5 Å². The number of rotatable bonds is 2. The maximum atomic E-state index is 13.5. The van der Waals surface area contributed by atoms with Crippen molar-refractivity contribution in [3.8, 4) is 0 Å². The molecule has 3 aliphatic heterocycles. The van der Waals surface area contributed by atoms with Crippen LogP contribution >= 0.6 is 0 Å². The molecule has 5 rings (SSSR count). The van der Waals surface area contributed by atoms with Gasteiger partial charge in [0.1, 0.15) is 18.1 Å². The van der Waals surface area contributed by atoms with Gasteiger partial charge in [-0.05, 0) is 30.5 Å². The number of allylic oxidation sites excluding steroid dienone is 1. The maximum Gasteiger partial charge on any atom is 0.315 e. The number of anilines is 1. The SMILES string of the molecule is C/C=C1\C[C@H]2[C@@H](O)[C@@]34Nc5ccccc5[C@@]3(CC[N@@+]4(C)C1)[C@]2(CO)C(=O)OC. The molecule has 1 spiro atoms. The number of nitrogens with zero attached hydrogens (tertiary/aromatic N) is 1. The molecule has 6 atom stereocenters. The monoisotopic (exact) mass is 385 g/mol. The number of quaternary nitrogens is 1. The number of methoxy groups -OCH3 is 1. The van der Waals surface area contributed by atoms with Crippen LogP contribution in [0.3, 0.4) is 0 Å². The normalized spacial score (nSPS) is 46.7. The first-order chi connectivity index (χ1) is 13.4. The molecular weight excluding hydrogens is 356 g/mol. The molecule has 0 unspecified atom stereocenters. The van der Waals surface area contributed by atoms with E-state index in [2.05, 4.69) is 24.5 Å². The largest absolute Gasteiger partial charge is 0.468 e. The molecular formula is C22H29N2O4+. The lowest BCUT2D eigenvalue weighted by Crippen LogP contribution is -2.71. The molecule has 2 saturated heterocycles.